The van der Waals surface area contributed by atoms with E-state index in [1.54, 1.807) is 36.4 Å². The Morgan fingerprint density at radius 1 is 0.786 bits per heavy atom. The van der Waals surface area contributed by atoms with Gasteiger partial charge in [-0.25, -0.2) is 4.79 Å². The fraction of sp³-hybridized carbons (Fsp3) is 0.171. The number of piperazine rings is 1. The van der Waals surface area contributed by atoms with Crippen LogP contribution < -0.4 is 15.8 Å². The van der Waals surface area contributed by atoms with Gasteiger partial charge in [-0.15, -0.1) is 0 Å². The maximum atomic E-state index is 13.1. The van der Waals surface area contributed by atoms with Crippen LogP contribution in [0.5, 0.6) is 0 Å². The lowest BCUT2D eigenvalue weighted by atomic mass is 10.0. The fourth-order valence-corrected chi connectivity index (χ4v) is 5.28. The SMILES string of the molecule is CCc1ccc(C(=O)N2CCN(c3ccc(NC(=O)c4cccc(-c5cc6ccccc6oc5=O)c4)cc3)CC2)cc1. The molecule has 42 heavy (non-hydrogen) atoms. The Hall–Kier alpha value is -5.17. The smallest absolute Gasteiger partial charge is 0.344 e. The van der Waals surface area contributed by atoms with E-state index in [-0.39, 0.29) is 11.8 Å². The van der Waals surface area contributed by atoms with Gasteiger partial charge >= 0.3 is 5.63 Å². The maximum absolute atomic E-state index is 13.1. The molecule has 0 saturated carbocycles. The number of nitrogens with zero attached hydrogens (tertiary/aromatic N) is 2. The van der Waals surface area contributed by atoms with Crippen LogP contribution >= 0.6 is 0 Å². The molecule has 7 heteroatoms. The Balaban J connectivity index is 1.08. The van der Waals surface area contributed by atoms with Crippen molar-refractivity contribution in [2.75, 3.05) is 36.4 Å². The van der Waals surface area contributed by atoms with Crippen molar-refractivity contribution >= 4 is 34.2 Å². The molecule has 0 spiro atoms. The van der Waals surface area contributed by atoms with Gasteiger partial charge in [0.25, 0.3) is 11.8 Å². The van der Waals surface area contributed by atoms with Crippen LogP contribution in [0.4, 0.5) is 11.4 Å². The number of benzene rings is 4. The number of para-hydroxylation sites is 1. The lowest BCUT2D eigenvalue weighted by molar-refractivity contribution is 0.0746. The zero-order chi connectivity index (χ0) is 29.1. The molecule has 2 amide bonds. The third-order valence-corrected chi connectivity index (χ3v) is 7.74. The molecule has 0 aliphatic carbocycles. The number of fused-ring (bicyclic) bond motifs is 1. The number of anilines is 2. The van der Waals surface area contributed by atoms with Crippen LogP contribution in [0.1, 0.15) is 33.2 Å². The van der Waals surface area contributed by atoms with Gasteiger partial charge in [-0.05, 0) is 78.2 Å². The van der Waals surface area contributed by atoms with Crippen LogP contribution in [-0.2, 0) is 6.42 Å². The predicted molar refractivity (Wildman–Crippen MR) is 166 cm³/mol. The highest BCUT2D eigenvalue weighted by Gasteiger charge is 2.22. The van der Waals surface area contributed by atoms with E-state index in [0.717, 1.165) is 36.1 Å². The minimum absolute atomic E-state index is 0.0703. The summed E-state index contributed by atoms with van der Waals surface area (Å²) in [6, 6.07) is 31.7. The first-order valence-electron chi connectivity index (χ1n) is 14.2. The van der Waals surface area contributed by atoms with Crippen molar-refractivity contribution in [3.8, 4) is 11.1 Å². The van der Waals surface area contributed by atoms with Gasteiger partial charge in [0.2, 0.25) is 0 Å². The summed E-state index contributed by atoms with van der Waals surface area (Å²) in [5, 5.41) is 3.76. The fourth-order valence-electron chi connectivity index (χ4n) is 5.28. The molecule has 1 fully saturated rings. The summed E-state index contributed by atoms with van der Waals surface area (Å²) in [5.41, 5.74) is 5.20. The van der Waals surface area contributed by atoms with Gasteiger partial charge in [0.1, 0.15) is 5.58 Å². The summed E-state index contributed by atoms with van der Waals surface area (Å²) in [7, 11) is 0. The first kappa shape index (κ1) is 27.0. The topological polar surface area (TPSA) is 82.9 Å². The zero-order valence-corrected chi connectivity index (χ0v) is 23.4. The normalized spacial score (nSPS) is 13.3. The number of carbonyl (C=O) groups excluding carboxylic acids is 2. The maximum Gasteiger partial charge on any atom is 0.344 e. The second-order valence-corrected chi connectivity index (χ2v) is 10.4. The summed E-state index contributed by atoms with van der Waals surface area (Å²) in [5.74, 6) is -0.199. The molecule has 0 bridgehead atoms. The van der Waals surface area contributed by atoms with E-state index >= 15 is 0 Å². The number of nitrogens with one attached hydrogen (secondary N) is 1. The second kappa shape index (κ2) is 11.7. The van der Waals surface area contributed by atoms with Crippen LogP contribution in [0.3, 0.4) is 0 Å². The second-order valence-electron chi connectivity index (χ2n) is 10.4. The Morgan fingerprint density at radius 2 is 1.52 bits per heavy atom. The molecule has 2 heterocycles. The highest BCUT2D eigenvalue weighted by Crippen LogP contribution is 2.24. The number of amides is 2. The van der Waals surface area contributed by atoms with Crippen LogP contribution in [0.15, 0.2) is 112 Å². The molecule has 7 nitrogen and oxygen atoms in total. The molecular formula is C35H31N3O4. The highest BCUT2D eigenvalue weighted by atomic mass is 16.4. The lowest BCUT2D eigenvalue weighted by Gasteiger charge is -2.36. The molecule has 4 aromatic carbocycles. The Labute approximate surface area is 244 Å². The standard InChI is InChI=1S/C35H31N3O4/c1-2-24-10-12-25(13-11-24)34(40)38-20-18-37(19-21-38)30-16-14-29(15-17-30)36-33(39)28-8-5-7-26(22-28)31-23-27-6-3-4-9-32(27)42-35(31)41/h3-17,22-23H,2,18-21H2,1H3,(H,36,39). The van der Waals surface area contributed by atoms with Crippen molar-refractivity contribution in [2.45, 2.75) is 13.3 Å². The zero-order valence-electron chi connectivity index (χ0n) is 23.4. The molecule has 210 valence electrons. The first-order chi connectivity index (χ1) is 20.5. The summed E-state index contributed by atoms with van der Waals surface area (Å²) in [4.78, 5) is 42.8. The Morgan fingerprint density at radius 3 is 2.26 bits per heavy atom. The predicted octanol–water partition coefficient (Wildman–Crippen LogP) is 6.24. The van der Waals surface area contributed by atoms with Gasteiger partial charge in [-0.2, -0.15) is 0 Å². The molecule has 1 aliphatic heterocycles. The van der Waals surface area contributed by atoms with Gasteiger partial charge in [-0.3, -0.25) is 9.59 Å². The molecule has 1 N–H and O–H groups in total. The lowest BCUT2D eigenvalue weighted by Crippen LogP contribution is -2.48. The van der Waals surface area contributed by atoms with E-state index in [1.165, 1.54) is 5.56 Å². The molecule has 1 aliphatic rings. The monoisotopic (exact) mass is 557 g/mol. The molecule has 0 atom stereocenters. The molecule has 0 unspecified atom stereocenters. The van der Waals surface area contributed by atoms with Crippen molar-refractivity contribution in [1.82, 2.24) is 4.90 Å². The number of hydrogen-bond donors (Lipinski definition) is 1. The first-order valence-corrected chi connectivity index (χ1v) is 14.2. The van der Waals surface area contributed by atoms with E-state index < -0.39 is 5.63 Å². The van der Waals surface area contributed by atoms with Crippen molar-refractivity contribution in [1.29, 1.82) is 0 Å². The average Bonchev–Trinajstić information content (AvgIpc) is 3.04. The minimum atomic E-state index is -0.447. The highest BCUT2D eigenvalue weighted by molar-refractivity contribution is 6.05. The third-order valence-electron chi connectivity index (χ3n) is 7.74. The number of rotatable bonds is 6. The number of aryl methyl sites for hydroxylation is 1. The van der Waals surface area contributed by atoms with Crippen LogP contribution in [-0.4, -0.2) is 42.9 Å². The average molecular weight is 558 g/mol. The molecule has 1 saturated heterocycles. The van der Waals surface area contributed by atoms with Crippen LogP contribution in [0, 0.1) is 0 Å². The summed E-state index contributed by atoms with van der Waals surface area (Å²) >= 11 is 0. The minimum Gasteiger partial charge on any atom is -0.422 e. The molecule has 6 rings (SSSR count). The van der Waals surface area contributed by atoms with E-state index in [9.17, 15) is 14.4 Å². The van der Waals surface area contributed by atoms with Crippen LogP contribution in [0.25, 0.3) is 22.1 Å². The van der Waals surface area contributed by atoms with Gasteiger partial charge < -0.3 is 19.5 Å². The van der Waals surface area contributed by atoms with Gasteiger partial charge in [0, 0.05) is 54.1 Å². The number of carbonyl (C=O) groups is 2. The van der Waals surface area contributed by atoms with Gasteiger partial charge in [0.05, 0.1) is 5.56 Å². The Kier molecular flexibility index (Phi) is 7.56. The van der Waals surface area contributed by atoms with Crippen LogP contribution in [0.2, 0.25) is 0 Å². The molecule has 0 radical (unpaired) electrons. The third kappa shape index (κ3) is 5.67. The molecule has 5 aromatic rings. The largest absolute Gasteiger partial charge is 0.422 e. The van der Waals surface area contributed by atoms with E-state index in [2.05, 4.69) is 17.1 Å². The summed E-state index contributed by atoms with van der Waals surface area (Å²) in [6.45, 7) is 4.88. The van der Waals surface area contributed by atoms with E-state index in [1.807, 2.05) is 71.6 Å². The van der Waals surface area contributed by atoms with Crippen molar-refractivity contribution < 1.29 is 14.0 Å². The summed E-state index contributed by atoms with van der Waals surface area (Å²) < 4.78 is 5.47. The number of hydrogen-bond acceptors (Lipinski definition) is 5. The molecule has 1 aromatic heterocycles. The van der Waals surface area contributed by atoms with Gasteiger partial charge in [-0.1, -0.05) is 49.4 Å². The van der Waals surface area contributed by atoms with Crippen molar-refractivity contribution in [3.63, 3.8) is 0 Å². The molecular weight excluding hydrogens is 526 g/mol. The van der Waals surface area contributed by atoms with Crippen molar-refractivity contribution in [3.05, 3.63) is 130 Å². The Bertz CT molecular complexity index is 1800. The van der Waals surface area contributed by atoms with E-state index in [4.69, 9.17) is 4.42 Å². The van der Waals surface area contributed by atoms with E-state index in [0.29, 0.717) is 41.1 Å². The van der Waals surface area contributed by atoms with Crippen molar-refractivity contribution in [2.24, 2.45) is 0 Å². The van der Waals surface area contributed by atoms with Gasteiger partial charge in [0.15, 0.2) is 0 Å². The summed E-state index contributed by atoms with van der Waals surface area (Å²) in [6.07, 6.45) is 0.953. The quantitative estimate of drug-likeness (QED) is 0.250.